The van der Waals surface area contributed by atoms with Crippen LogP contribution >= 0.6 is 0 Å². The largest absolute Gasteiger partial charge is 0.437 e. The number of halogens is 5. The molecular weight excluding hydrogens is 415 g/mol. The highest BCUT2D eigenvalue weighted by Crippen LogP contribution is 2.45. The van der Waals surface area contributed by atoms with Gasteiger partial charge in [-0.05, 0) is 6.07 Å². The van der Waals surface area contributed by atoms with Gasteiger partial charge in [0, 0.05) is 11.1 Å². The number of urea groups is 1. The highest BCUT2D eigenvalue weighted by atomic mass is 19.4. The molecule has 0 spiro atoms. The molecule has 6 nitrogen and oxygen atoms in total. The molecular formula is C19H15F5N2O4. The summed E-state index contributed by atoms with van der Waals surface area (Å²) in [5, 5.41) is 14.0. The average Bonchev–Trinajstić information content (AvgIpc) is 2.67. The molecule has 3 rings (SSSR count). The van der Waals surface area contributed by atoms with E-state index in [4.69, 9.17) is 0 Å². The highest BCUT2D eigenvalue weighted by Gasteiger charge is 2.66. The molecule has 2 aromatic carbocycles. The molecule has 1 saturated heterocycles. The topological polar surface area (TPSA) is 87.7 Å². The number of alkyl halides is 5. The third-order valence-electron chi connectivity index (χ3n) is 4.62. The van der Waals surface area contributed by atoms with Crippen LogP contribution in [0.5, 0.6) is 5.75 Å². The first-order chi connectivity index (χ1) is 14.0. The average molecular weight is 430 g/mol. The van der Waals surface area contributed by atoms with E-state index in [1.165, 1.54) is 47.8 Å². The number of para-hydroxylation sites is 1. The van der Waals surface area contributed by atoms with Gasteiger partial charge in [0.25, 0.3) is 0 Å². The number of Topliss-reactive ketones (excluding diaryl/α,β-unsaturated/α-hetero) is 1. The van der Waals surface area contributed by atoms with Crippen LogP contribution in [0.4, 0.5) is 26.7 Å². The van der Waals surface area contributed by atoms with Gasteiger partial charge in [-0.25, -0.2) is 4.79 Å². The Morgan fingerprint density at radius 1 is 1.07 bits per heavy atom. The van der Waals surface area contributed by atoms with Crippen LogP contribution in [0.15, 0.2) is 54.6 Å². The van der Waals surface area contributed by atoms with E-state index in [1.807, 2.05) is 0 Å². The van der Waals surface area contributed by atoms with E-state index in [9.17, 15) is 36.6 Å². The van der Waals surface area contributed by atoms with Crippen molar-refractivity contribution in [1.82, 2.24) is 10.6 Å². The molecule has 0 bridgehead atoms. The standard InChI is InChI=1S/C19H15F5N2O4/c20-16(21)30-12-9-5-4-8-11(12)14-13(15(27)10-6-2-1-3-7-10)18(29,19(22,23)24)26-17(28)25-14/h1-9,13-14,16,29H,(H2,25,26,28)/t13-,14-,18+/m1/s1. The fourth-order valence-corrected chi connectivity index (χ4v) is 3.32. The zero-order chi connectivity index (χ0) is 22.1. The summed E-state index contributed by atoms with van der Waals surface area (Å²) in [7, 11) is 0. The van der Waals surface area contributed by atoms with Gasteiger partial charge >= 0.3 is 18.8 Å². The van der Waals surface area contributed by atoms with E-state index in [1.54, 1.807) is 0 Å². The van der Waals surface area contributed by atoms with E-state index < -0.39 is 48.0 Å². The number of benzene rings is 2. The number of amides is 2. The predicted molar refractivity (Wildman–Crippen MR) is 92.7 cm³/mol. The molecule has 0 radical (unpaired) electrons. The number of carbonyl (C=O) groups is 2. The van der Waals surface area contributed by atoms with Crippen LogP contribution in [-0.2, 0) is 0 Å². The summed E-state index contributed by atoms with van der Waals surface area (Å²) in [6.45, 7) is -3.31. The fourth-order valence-electron chi connectivity index (χ4n) is 3.32. The Bertz CT molecular complexity index is 938. The molecule has 0 saturated carbocycles. The van der Waals surface area contributed by atoms with Crippen LogP contribution in [0.25, 0.3) is 0 Å². The van der Waals surface area contributed by atoms with Gasteiger partial charge in [0.2, 0.25) is 5.72 Å². The van der Waals surface area contributed by atoms with E-state index in [2.05, 4.69) is 10.1 Å². The van der Waals surface area contributed by atoms with E-state index in [0.717, 1.165) is 12.1 Å². The predicted octanol–water partition coefficient (Wildman–Crippen LogP) is 3.39. The van der Waals surface area contributed by atoms with Crippen LogP contribution in [0.2, 0.25) is 0 Å². The van der Waals surface area contributed by atoms with Crippen molar-refractivity contribution in [2.24, 2.45) is 5.92 Å². The third kappa shape index (κ3) is 3.92. The van der Waals surface area contributed by atoms with Crippen molar-refractivity contribution in [1.29, 1.82) is 0 Å². The molecule has 1 heterocycles. The lowest BCUT2D eigenvalue weighted by Gasteiger charge is -2.45. The molecule has 30 heavy (non-hydrogen) atoms. The van der Waals surface area contributed by atoms with Crippen LogP contribution in [-0.4, -0.2) is 35.4 Å². The maximum absolute atomic E-state index is 13.8. The zero-order valence-corrected chi connectivity index (χ0v) is 15.0. The monoisotopic (exact) mass is 430 g/mol. The Balaban J connectivity index is 2.19. The zero-order valence-electron chi connectivity index (χ0n) is 15.0. The van der Waals surface area contributed by atoms with Gasteiger partial charge < -0.3 is 20.5 Å². The van der Waals surface area contributed by atoms with Gasteiger partial charge in [-0.1, -0.05) is 48.5 Å². The third-order valence-corrected chi connectivity index (χ3v) is 4.62. The number of ether oxygens (including phenoxy) is 1. The Kier molecular flexibility index (Phi) is 5.66. The van der Waals surface area contributed by atoms with Crippen molar-refractivity contribution in [3.8, 4) is 5.75 Å². The summed E-state index contributed by atoms with van der Waals surface area (Å²) in [6.07, 6.45) is -5.46. The molecule has 2 aromatic rings. The molecule has 160 valence electrons. The number of hydrogen-bond donors (Lipinski definition) is 3. The molecule has 0 unspecified atom stereocenters. The summed E-state index contributed by atoms with van der Waals surface area (Å²) in [4.78, 5) is 25.0. The first kappa shape index (κ1) is 21.5. The molecule has 1 aliphatic heterocycles. The molecule has 1 fully saturated rings. The number of carbonyl (C=O) groups excluding carboxylic acids is 2. The van der Waals surface area contributed by atoms with Crippen LogP contribution in [0, 0.1) is 5.92 Å². The number of aliphatic hydroxyl groups is 1. The Hall–Kier alpha value is -3.21. The van der Waals surface area contributed by atoms with Gasteiger partial charge in [-0.2, -0.15) is 22.0 Å². The van der Waals surface area contributed by atoms with Gasteiger partial charge in [-0.3, -0.25) is 4.79 Å². The van der Waals surface area contributed by atoms with Crippen LogP contribution in [0.3, 0.4) is 0 Å². The van der Waals surface area contributed by atoms with Gasteiger partial charge in [0.15, 0.2) is 5.78 Å². The minimum atomic E-state index is -5.46. The fraction of sp³-hybridized carbons (Fsp3) is 0.263. The molecule has 0 aromatic heterocycles. The van der Waals surface area contributed by atoms with Crippen LogP contribution in [0.1, 0.15) is 22.0 Å². The summed E-state index contributed by atoms with van der Waals surface area (Å²) >= 11 is 0. The van der Waals surface area contributed by atoms with Crippen molar-refractivity contribution >= 4 is 11.8 Å². The number of hydrogen-bond acceptors (Lipinski definition) is 4. The SMILES string of the molecule is O=C1N[C@H](c2ccccc2OC(F)F)[C@H](C(=O)c2ccccc2)[C@](O)(C(F)(F)F)N1. The van der Waals surface area contributed by atoms with E-state index >= 15 is 0 Å². The molecule has 2 amide bonds. The maximum atomic E-state index is 13.8. The lowest BCUT2D eigenvalue weighted by Crippen LogP contribution is -2.72. The van der Waals surface area contributed by atoms with E-state index in [-0.39, 0.29) is 11.1 Å². The second-order valence-corrected chi connectivity index (χ2v) is 6.46. The van der Waals surface area contributed by atoms with Crippen molar-refractivity contribution in [2.45, 2.75) is 24.6 Å². The van der Waals surface area contributed by atoms with Crippen molar-refractivity contribution < 1.29 is 41.4 Å². The maximum Gasteiger partial charge on any atom is 0.437 e. The van der Waals surface area contributed by atoms with Crippen molar-refractivity contribution in [3.05, 3.63) is 65.7 Å². The molecule has 11 heteroatoms. The minimum absolute atomic E-state index is 0.180. The lowest BCUT2D eigenvalue weighted by atomic mass is 9.77. The molecule has 3 N–H and O–H groups in total. The Morgan fingerprint density at radius 3 is 2.27 bits per heavy atom. The Labute approximate surface area is 166 Å². The first-order valence-corrected chi connectivity index (χ1v) is 8.55. The van der Waals surface area contributed by atoms with E-state index in [0.29, 0.717) is 0 Å². The quantitative estimate of drug-likeness (QED) is 0.501. The summed E-state index contributed by atoms with van der Waals surface area (Å²) in [5.74, 6) is -4.06. The summed E-state index contributed by atoms with van der Waals surface area (Å²) in [5.41, 5.74) is -4.48. The second kappa shape index (κ2) is 7.90. The van der Waals surface area contributed by atoms with Crippen molar-refractivity contribution in [3.63, 3.8) is 0 Å². The highest BCUT2D eigenvalue weighted by molar-refractivity contribution is 6.00. The van der Waals surface area contributed by atoms with Gasteiger partial charge in [0.1, 0.15) is 11.7 Å². The minimum Gasteiger partial charge on any atom is -0.434 e. The molecule has 1 aliphatic rings. The number of ketones is 1. The number of rotatable bonds is 5. The smallest absolute Gasteiger partial charge is 0.434 e. The summed E-state index contributed by atoms with van der Waals surface area (Å²) in [6, 6.07) is 8.28. The second-order valence-electron chi connectivity index (χ2n) is 6.46. The molecule has 0 aliphatic carbocycles. The van der Waals surface area contributed by atoms with Gasteiger partial charge in [0.05, 0.1) is 6.04 Å². The summed E-state index contributed by atoms with van der Waals surface area (Å²) < 4.78 is 71.4. The lowest BCUT2D eigenvalue weighted by molar-refractivity contribution is -0.287. The number of nitrogens with one attached hydrogen (secondary N) is 2. The first-order valence-electron chi connectivity index (χ1n) is 8.55. The Morgan fingerprint density at radius 2 is 1.67 bits per heavy atom. The molecule has 3 atom stereocenters. The van der Waals surface area contributed by atoms with Crippen LogP contribution < -0.4 is 15.4 Å². The van der Waals surface area contributed by atoms with Gasteiger partial charge in [-0.15, -0.1) is 0 Å². The normalized spacial score (nSPS) is 24.2. The van der Waals surface area contributed by atoms with Crippen molar-refractivity contribution in [2.75, 3.05) is 0 Å².